The lowest BCUT2D eigenvalue weighted by molar-refractivity contribution is -0.154. The predicted octanol–water partition coefficient (Wildman–Crippen LogP) is 5.08. The third-order valence-corrected chi connectivity index (χ3v) is 9.76. The Morgan fingerprint density at radius 3 is 2.40 bits per heavy atom. The quantitative estimate of drug-likeness (QED) is 0.352. The van der Waals surface area contributed by atoms with Gasteiger partial charge in [0, 0.05) is 16.8 Å². The van der Waals surface area contributed by atoms with Gasteiger partial charge in [-0.3, -0.25) is 9.59 Å². The smallest absolute Gasteiger partial charge is 0.353 e. The molecule has 2 aromatic rings. The van der Waals surface area contributed by atoms with Crippen LogP contribution in [0.5, 0.6) is 0 Å². The topological polar surface area (TPSA) is 88.2 Å². The molecule has 40 heavy (non-hydrogen) atoms. The summed E-state index contributed by atoms with van der Waals surface area (Å²) in [4.78, 5) is 45.6. The van der Waals surface area contributed by atoms with Gasteiger partial charge < -0.3 is 24.6 Å². The molecule has 1 aliphatic carbocycles. The first-order chi connectivity index (χ1) is 19.4. The third-order valence-electron chi connectivity index (χ3n) is 8.61. The van der Waals surface area contributed by atoms with Crippen molar-refractivity contribution in [3.8, 4) is 10.4 Å². The van der Waals surface area contributed by atoms with E-state index < -0.39 is 18.7 Å². The molecule has 216 valence electrons. The molecule has 0 spiro atoms. The molecule has 5 rings (SSSR count). The fourth-order valence-electron chi connectivity index (χ4n) is 6.10. The van der Waals surface area contributed by atoms with E-state index in [9.17, 15) is 14.4 Å². The van der Waals surface area contributed by atoms with Gasteiger partial charge in [-0.1, -0.05) is 37.3 Å². The average Bonchev–Trinajstić information content (AvgIpc) is 3.66. The maximum absolute atomic E-state index is 14.2. The zero-order valence-electron chi connectivity index (χ0n) is 23.6. The van der Waals surface area contributed by atoms with Crippen LogP contribution < -0.4 is 10.2 Å². The van der Waals surface area contributed by atoms with Crippen LogP contribution in [0.2, 0.25) is 0 Å². The fraction of sp³-hybridized carbons (Fsp3) is 0.581. The highest BCUT2D eigenvalue weighted by Crippen LogP contribution is 2.41. The van der Waals surface area contributed by atoms with Gasteiger partial charge in [0.1, 0.15) is 10.9 Å². The van der Waals surface area contributed by atoms with Crippen molar-refractivity contribution in [3.05, 3.63) is 41.3 Å². The summed E-state index contributed by atoms with van der Waals surface area (Å²) in [6.45, 7) is 4.38. The van der Waals surface area contributed by atoms with Crippen LogP contribution in [-0.2, 0) is 19.1 Å². The molecule has 1 unspecified atom stereocenters. The molecular weight excluding hydrogens is 526 g/mol. The Labute approximate surface area is 241 Å². The molecule has 1 atom stereocenters. The van der Waals surface area contributed by atoms with Crippen LogP contribution in [-0.4, -0.2) is 68.3 Å². The SMILES string of the molecule is CC1CCC(C(=O)N(c2cc(-c3ccccc3)sc2C(=O)OCOC(=O)C2CCCN2)C2CCN(C)CC2)CC1. The van der Waals surface area contributed by atoms with Crippen molar-refractivity contribution in [2.75, 3.05) is 38.4 Å². The van der Waals surface area contributed by atoms with Gasteiger partial charge in [0.25, 0.3) is 0 Å². The van der Waals surface area contributed by atoms with Gasteiger partial charge in [-0.25, -0.2) is 4.79 Å². The molecule has 1 N–H and O–H groups in total. The molecule has 1 amide bonds. The molecule has 3 heterocycles. The number of anilines is 1. The summed E-state index contributed by atoms with van der Waals surface area (Å²) >= 11 is 1.33. The van der Waals surface area contributed by atoms with Crippen molar-refractivity contribution >= 4 is 34.9 Å². The van der Waals surface area contributed by atoms with Crippen LogP contribution in [0.25, 0.3) is 10.4 Å². The van der Waals surface area contributed by atoms with E-state index in [0.717, 1.165) is 81.4 Å². The second kappa shape index (κ2) is 13.3. The number of hydrogen-bond donors (Lipinski definition) is 1. The normalized spacial score (nSPS) is 24.0. The van der Waals surface area contributed by atoms with Gasteiger partial charge in [0.05, 0.1) is 5.69 Å². The van der Waals surface area contributed by atoms with E-state index in [-0.39, 0.29) is 23.9 Å². The summed E-state index contributed by atoms with van der Waals surface area (Å²) in [7, 11) is 2.11. The number of piperidine rings is 1. The van der Waals surface area contributed by atoms with Crippen molar-refractivity contribution in [1.29, 1.82) is 0 Å². The number of thiophene rings is 1. The first kappa shape index (κ1) is 28.8. The Bertz CT molecular complexity index is 1160. The Morgan fingerprint density at radius 2 is 1.73 bits per heavy atom. The van der Waals surface area contributed by atoms with Crippen LogP contribution in [0.4, 0.5) is 5.69 Å². The molecule has 9 heteroatoms. The van der Waals surface area contributed by atoms with Crippen molar-refractivity contribution in [1.82, 2.24) is 10.2 Å². The number of ether oxygens (including phenoxy) is 2. The molecule has 1 aromatic heterocycles. The van der Waals surface area contributed by atoms with Crippen LogP contribution in [0, 0.1) is 11.8 Å². The monoisotopic (exact) mass is 567 g/mol. The molecule has 8 nitrogen and oxygen atoms in total. The number of nitrogens with zero attached hydrogens (tertiary/aromatic N) is 2. The minimum Gasteiger partial charge on any atom is -0.427 e. The number of likely N-dealkylation sites (tertiary alicyclic amines) is 1. The van der Waals surface area contributed by atoms with E-state index >= 15 is 0 Å². The van der Waals surface area contributed by atoms with Crippen LogP contribution >= 0.6 is 11.3 Å². The van der Waals surface area contributed by atoms with Crippen molar-refractivity contribution in [2.24, 2.45) is 11.8 Å². The molecule has 3 aliphatic rings. The van der Waals surface area contributed by atoms with E-state index in [0.29, 0.717) is 16.5 Å². The molecule has 2 aliphatic heterocycles. The highest BCUT2D eigenvalue weighted by Gasteiger charge is 2.37. The van der Waals surface area contributed by atoms with Crippen LogP contribution in [0.15, 0.2) is 36.4 Å². The molecule has 3 fully saturated rings. The molecule has 1 saturated carbocycles. The molecule has 2 saturated heterocycles. The number of carbonyl (C=O) groups excluding carboxylic acids is 3. The lowest BCUT2D eigenvalue weighted by atomic mass is 9.82. The summed E-state index contributed by atoms with van der Waals surface area (Å²) in [5.41, 5.74) is 1.60. The number of rotatable bonds is 8. The summed E-state index contributed by atoms with van der Waals surface area (Å²) in [5, 5.41) is 3.10. The second-order valence-corrected chi connectivity index (χ2v) is 12.6. The number of amides is 1. The largest absolute Gasteiger partial charge is 0.427 e. The summed E-state index contributed by atoms with van der Waals surface area (Å²) < 4.78 is 10.8. The van der Waals surface area contributed by atoms with E-state index in [1.807, 2.05) is 41.3 Å². The van der Waals surface area contributed by atoms with Crippen LogP contribution in [0.3, 0.4) is 0 Å². The van der Waals surface area contributed by atoms with Gasteiger partial charge in [0.15, 0.2) is 0 Å². The molecular formula is C31H41N3O5S. The Hall–Kier alpha value is -2.75. The highest BCUT2D eigenvalue weighted by atomic mass is 32.1. The number of carbonyl (C=O) groups is 3. The number of hydrogen-bond acceptors (Lipinski definition) is 8. The maximum Gasteiger partial charge on any atom is 0.353 e. The zero-order valence-corrected chi connectivity index (χ0v) is 24.4. The van der Waals surface area contributed by atoms with E-state index in [4.69, 9.17) is 9.47 Å². The minimum absolute atomic E-state index is 0.0130. The number of benzene rings is 1. The maximum atomic E-state index is 14.2. The fourth-order valence-corrected chi connectivity index (χ4v) is 7.14. The first-order valence-corrected chi connectivity index (χ1v) is 15.5. The highest BCUT2D eigenvalue weighted by molar-refractivity contribution is 7.18. The van der Waals surface area contributed by atoms with Crippen molar-refractivity contribution in [3.63, 3.8) is 0 Å². The Morgan fingerprint density at radius 1 is 1.00 bits per heavy atom. The first-order valence-electron chi connectivity index (χ1n) is 14.7. The van der Waals surface area contributed by atoms with Crippen molar-refractivity contribution < 1.29 is 23.9 Å². The molecule has 0 bridgehead atoms. The lowest BCUT2D eigenvalue weighted by Gasteiger charge is -2.40. The third kappa shape index (κ3) is 6.75. The van der Waals surface area contributed by atoms with Gasteiger partial charge in [0.2, 0.25) is 12.7 Å². The summed E-state index contributed by atoms with van der Waals surface area (Å²) in [5.74, 6) is -0.264. The number of esters is 2. The Balaban J connectivity index is 1.43. The van der Waals surface area contributed by atoms with Crippen LogP contribution in [0.1, 0.15) is 68.0 Å². The average molecular weight is 568 g/mol. The minimum atomic E-state index is -0.572. The Kier molecular flexibility index (Phi) is 9.55. The van der Waals surface area contributed by atoms with Gasteiger partial charge in [-0.15, -0.1) is 11.3 Å². The second-order valence-electron chi connectivity index (χ2n) is 11.6. The molecule has 0 radical (unpaired) electrons. The van der Waals surface area contributed by atoms with Gasteiger partial charge in [-0.2, -0.15) is 0 Å². The van der Waals surface area contributed by atoms with E-state index in [1.54, 1.807) is 0 Å². The number of nitrogens with one attached hydrogen (secondary N) is 1. The zero-order chi connectivity index (χ0) is 28.1. The van der Waals surface area contributed by atoms with Crippen molar-refractivity contribution in [2.45, 2.75) is 70.4 Å². The predicted molar refractivity (Wildman–Crippen MR) is 156 cm³/mol. The molecule has 1 aromatic carbocycles. The van der Waals surface area contributed by atoms with E-state index in [2.05, 4.69) is 24.2 Å². The summed E-state index contributed by atoms with van der Waals surface area (Å²) in [6, 6.07) is 11.5. The summed E-state index contributed by atoms with van der Waals surface area (Å²) in [6.07, 6.45) is 7.19. The van der Waals surface area contributed by atoms with Gasteiger partial charge >= 0.3 is 11.9 Å². The standard InChI is InChI=1S/C31H41N3O5S/c1-21-10-12-23(13-11-21)29(35)34(24-14-17-33(2)18-15-24)26-19-27(22-7-4-3-5-8-22)40-28(26)31(37)39-20-38-30(36)25-9-6-16-32-25/h3-5,7-8,19,21,23-25,32H,6,9-18,20H2,1-2H3. The lowest BCUT2D eigenvalue weighted by Crippen LogP contribution is -2.49. The van der Waals surface area contributed by atoms with Gasteiger partial charge in [-0.05, 0) is 95.6 Å². The van der Waals surface area contributed by atoms with E-state index in [1.165, 1.54) is 11.3 Å².